The predicted octanol–water partition coefficient (Wildman–Crippen LogP) is 4.51. The second-order valence-corrected chi connectivity index (χ2v) is 9.11. The molecule has 2 aromatic rings. The van der Waals surface area contributed by atoms with Gasteiger partial charge in [-0.1, -0.05) is 12.6 Å². The molecule has 3 aliphatic rings. The minimum atomic E-state index is -4.74. The van der Waals surface area contributed by atoms with Crippen molar-refractivity contribution in [2.45, 2.75) is 44.2 Å². The molecule has 3 atom stereocenters. The van der Waals surface area contributed by atoms with E-state index in [-0.39, 0.29) is 12.0 Å². The van der Waals surface area contributed by atoms with E-state index >= 15 is 0 Å². The summed E-state index contributed by atoms with van der Waals surface area (Å²) in [6.07, 6.45) is -1.85. The number of halogens is 4. The molecule has 174 valence electrons. The molecule has 3 N–H and O–H groups in total. The van der Waals surface area contributed by atoms with Crippen molar-refractivity contribution in [3.05, 3.63) is 70.8 Å². The standard InChI is InChI=1S/C22H22F4N6S/c1-11-8-18(33-31-11)27-10-15-12(2)19(15)28-21-29-20-14(4-3-7-32(20)30-21)13-5-6-17(23)16(9-13)22(24,25)26/h5-6,8-10,14,19,21,27-28,30H,2-4,7H2,1H3/b15-10+. The highest BCUT2D eigenvalue weighted by Crippen LogP contribution is 2.38. The van der Waals surface area contributed by atoms with Crippen LogP contribution in [0.3, 0.4) is 0 Å². The quantitative estimate of drug-likeness (QED) is 0.552. The van der Waals surface area contributed by atoms with Gasteiger partial charge in [-0.3, -0.25) is 10.3 Å². The zero-order valence-electron chi connectivity index (χ0n) is 17.7. The smallest absolute Gasteiger partial charge is 0.352 e. The van der Waals surface area contributed by atoms with Gasteiger partial charge in [-0.2, -0.15) is 23.0 Å². The first-order valence-corrected chi connectivity index (χ1v) is 11.3. The van der Waals surface area contributed by atoms with E-state index in [4.69, 9.17) is 4.99 Å². The fourth-order valence-corrected chi connectivity index (χ4v) is 4.87. The molecule has 11 heteroatoms. The Hall–Kier alpha value is -2.76. The summed E-state index contributed by atoms with van der Waals surface area (Å²) in [5, 5.41) is 9.39. The molecule has 6 nitrogen and oxygen atoms in total. The molecule has 33 heavy (non-hydrogen) atoms. The first-order valence-electron chi connectivity index (χ1n) is 10.5. The Morgan fingerprint density at radius 1 is 1.30 bits per heavy atom. The van der Waals surface area contributed by atoms with Crippen molar-refractivity contribution in [2.24, 2.45) is 4.99 Å². The van der Waals surface area contributed by atoms with E-state index in [1.165, 1.54) is 17.6 Å². The van der Waals surface area contributed by atoms with Gasteiger partial charge in [-0.25, -0.2) is 9.38 Å². The molecule has 1 saturated carbocycles. The van der Waals surface area contributed by atoms with E-state index in [0.717, 1.165) is 40.4 Å². The molecule has 1 aliphatic carbocycles. The molecule has 2 fully saturated rings. The van der Waals surface area contributed by atoms with Gasteiger partial charge in [0.25, 0.3) is 0 Å². The van der Waals surface area contributed by atoms with E-state index < -0.39 is 23.8 Å². The zero-order chi connectivity index (χ0) is 23.3. The molecule has 1 saturated heterocycles. The van der Waals surface area contributed by atoms with Crippen LogP contribution in [0.5, 0.6) is 0 Å². The van der Waals surface area contributed by atoms with E-state index in [9.17, 15) is 17.6 Å². The van der Waals surface area contributed by atoms with E-state index in [0.29, 0.717) is 24.4 Å². The average molecular weight is 479 g/mol. The number of hydrazine groups is 1. The third kappa shape index (κ3) is 4.40. The second kappa shape index (κ2) is 8.23. The maximum absolute atomic E-state index is 13.8. The molecule has 5 rings (SSSR count). The third-order valence-corrected chi connectivity index (χ3v) is 6.78. The highest BCUT2D eigenvalue weighted by Gasteiger charge is 2.41. The summed E-state index contributed by atoms with van der Waals surface area (Å²) < 4.78 is 57.6. The minimum absolute atomic E-state index is 0.0455. The first-order chi connectivity index (χ1) is 15.7. The molecule has 1 aromatic heterocycles. The van der Waals surface area contributed by atoms with E-state index in [1.807, 2.05) is 24.2 Å². The SMILES string of the molecule is C=C1/C(=C\Nc2cc(C)ns2)C1NC1N=C2C(c3ccc(F)c(C(F)(F)F)c3)CCCN2N1. The summed E-state index contributed by atoms with van der Waals surface area (Å²) in [5.41, 5.74) is 5.35. The number of hydrogen-bond acceptors (Lipinski definition) is 7. The van der Waals surface area contributed by atoms with Crippen LogP contribution in [0.25, 0.3) is 0 Å². The van der Waals surface area contributed by atoms with Crippen LogP contribution in [0.15, 0.2) is 53.2 Å². The molecule has 0 bridgehead atoms. The van der Waals surface area contributed by atoms with Crippen molar-refractivity contribution in [2.75, 3.05) is 11.9 Å². The van der Waals surface area contributed by atoms with Crippen molar-refractivity contribution in [3.63, 3.8) is 0 Å². The number of fused-ring (bicyclic) bond motifs is 1. The summed E-state index contributed by atoms with van der Waals surface area (Å²) in [7, 11) is 0. The highest BCUT2D eigenvalue weighted by molar-refractivity contribution is 7.10. The van der Waals surface area contributed by atoms with Crippen molar-refractivity contribution in [1.29, 1.82) is 0 Å². The largest absolute Gasteiger partial charge is 0.419 e. The number of benzene rings is 1. The molecule has 3 heterocycles. The lowest BCUT2D eigenvalue weighted by Gasteiger charge is -2.32. The average Bonchev–Trinajstić information content (AvgIpc) is 3.10. The molecule has 0 amide bonds. The van der Waals surface area contributed by atoms with Gasteiger partial charge in [-0.15, -0.1) is 0 Å². The number of aliphatic imine (C=N–C) groups is 1. The van der Waals surface area contributed by atoms with Gasteiger partial charge in [0.2, 0.25) is 0 Å². The number of aryl methyl sites for hydroxylation is 1. The molecule has 2 aliphatic heterocycles. The summed E-state index contributed by atoms with van der Waals surface area (Å²) in [5.74, 6) is -0.944. The number of anilines is 1. The number of rotatable bonds is 5. The topological polar surface area (TPSA) is 64.6 Å². The summed E-state index contributed by atoms with van der Waals surface area (Å²) in [6.45, 7) is 6.69. The molecule has 0 spiro atoms. The molecule has 1 aromatic carbocycles. The first kappa shape index (κ1) is 22.1. The van der Waals surface area contributed by atoms with Crippen molar-refractivity contribution in [1.82, 2.24) is 20.1 Å². The summed E-state index contributed by atoms with van der Waals surface area (Å²) >= 11 is 1.38. The van der Waals surface area contributed by atoms with Gasteiger partial charge in [0.05, 0.1) is 17.3 Å². The number of aromatic nitrogens is 1. The Labute approximate surface area is 192 Å². The fraction of sp³-hybridized carbons (Fsp3) is 0.364. The lowest BCUT2D eigenvalue weighted by molar-refractivity contribution is -0.140. The van der Waals surface area contributed by atoms with Crippen LogP contribution < -0.4 is 16.1 Å². The summed E-state index contributed by atoms with van der Waals surface area (Å²) in [4.78, 5) is 4.70. The van der Waals surface area contributed by atoms with Crippen LogP contribution in [-0.2, 0) is 6.18 Å². The van der Waals surface area contributed by atoms with E-state index in [1.54, 1.807) is 0 Å². The van der Waals surface area contributed by atoms with Crippen LogP contribution in [0.2, 0.25) is 0 Å². The Bertz CT molecular complexity index is 1150. The van der Waals surface area contributed by atoms with Crippen LogP contribution in [0, 0.1) is 12.7 Å². The molecular formula is C22H22F4N6S. The van der Waals surface area contributed by atoms with Gasteiger partial charge in [-0.05, 0) is 66.2 Å². The number of hydrogen-bond donors (Lipinski definition) is 3. The van der Waals surface area contributed by atoms with Crippen molar-refractivity contribution in [3.8, 4) is 0 Å². The van der Waals surface area contributed by atoms with Crippen molar-refractivity contribution >= 4 is 22.4 Å². The van der Waals surface area contributed by atoms with Crippen LogP contribution in [0.4, 0.5) is 22.6 Å². The maximum Gasteiger partial charge on any atom is 0.419 e. The van der Waals surface area contributed by atoms with Gasteiger partial charge in [0.1, 0.15) is 16.7 Å². The Morgan fingerprint density at radius 2 is 2.12 bits per heavy atom. The lowest BCUT2D eigenvalue weighted by atomic mass is 9.89. The molecular weight excluding hydrogens is 456 g/mol. The summed E-state index contributed by atoms with van der Waals surface area (Å²) in [6, 6.07) is 5.12. The molecule has 3 unspecified atom stereocenters. The molecule has 0 radical (unpaired) electrons. The number of nitrogens with one attached hydrogen (secondary N) is 3. The predicted molar refractivity (Wildman–Crippen MR) is 119 cm³/mol. The third-order valence-electron chi connectivity index (χ3n) is 5.97. The van der Waals surface area contributed by atoms with Gasteiger partial charge >= 0.3 is 6.18 Å². The van der Waals surface area contributed by atoms with Crippen LogP contribution in [-0.4, -0.2) is 34.1 Å². The van der Waals surface area contributed by atoms with Crippen LogP contribution in [0.1, 0.15) is 35.6 Å². The second-order valence-electron chi connectivity index (χ2n) is 8.30. The fourth-order valence-electron chi connectivity index (χ4n) is 4.24. The van der Waals surface area contributed by atoms with Gasteiger partial charge in [0.15, 0.2) is 6.29 Å². The maximum atomic E-state index is 13.8. The Balaban J connectivity index is 1.30. The Kier molecular flexibility index (Phi) is 5.50. The zero-order valence-corrected chi connectivity index (χ0v) is 18.5. The minimum Gasteiger partial charge on any atom is -0.352 e. The van der Waals surface area contributed by atoms with E-state index in [2.05, 4.69) is 27.0 Å². The number of nitrogens with zero attached hydrogens (tertiary/aromatic N) is 3. The number of alkyl halides is 3. The monoisotopic (exact) mass is 478 g/mol. The normalized spacial score (nSPS) is 25.9. The van der Waals surface area contributed by atoms with Crippen LogP contribution >= 0.6 is 11.5 Å². The van der Waals surface area contributed by atoms with Crippen molar-refractivity contribution < 1.29 is 17.6 Å². The number of amidine groups is 1. The Morgan fingerprint density at radius 3 is 2.85 bits per heavy atom. The number of piperidine rings is 1. The highest BCUT2D eigenvalue weighted by atomic mass is 32.1. The van der Waals surface area contributed by atoms with Gasteiger partial charge < -0.3 is 5.32 Å². The lowest BCUT2D eigenvalue weighted by Crippen LogP contribution is -2.49. The van der Waals surface area contributed by atoms with Gasteiger partial charge in [0, 0.05) is 18.7 Å².